The Morgan fingerprint density at radius 3 is 2.21 bits per heavy atom. The summed E-state index contributed by atoms with van der Waals surface area (Å²) in [5.41, 5.74) is 4.78. The zero-order chi connectivity index (χ0) is 25.1. The first-order valence-electron chi connectivity index (χ1n) is 9.02. The number of benzene rings is 1. The standard InChI is InChI=1S/C18H18F7N5O3/c1-17(2,18(23,24)25)13(33-16(26)32)14(31)28-27-7-9-10(19)5-8(6-11(9)20)12-3-4-30(29-12)15(21)22/h3-6,13,15,27H,7H2,1-2H3,(H2,26,32)(H,28,31). The van der Waals surface area contributed by atoms with Gasteiger partial charge in [0.2, 0.25) is 0 Å². The number of aromatic nitrogens is 2. The molecule has 0 aliphatic heterocycles. The van der Waals surface area contributed by atoms with Crippen LogP contribution in [-0.4, -0.2) is 34.1 Å². The molecule has 0 aliphatic carbocycles. The molecule has 15 heteroatoms. The Morgan fingerprint density at radius 1 is 1.18 bits per heavy atom. The van der Waals surface area contributed by atoms with E-state index in [4.69, 9.17) is 5.73 Å². The largest absolute Gasteiger partial charge is 0.435 e. The van der Waals surface area contributed by atoms with E-state index in [9.17, 15) is 40.3 Å². The van der Waals surface area contributed by atoms with E-state index in [0.717, 1.165) is 24.4 Å². The van der Waals surface area contributed by atoms with Crippen molar-refractivity contribution < 1.29 is 45.1 Å². The second-order valence-corrected chi connectivity index (χ2v) is 7.26. The molecule has 182 valence electrons. The van der Waals surface area contributed by atoms with Crippen LogP contribution < -0.4 is 16.6 Å². The van der Waals surface area contributed by atoms with Gasteiger partial charge in [-0.3, -0.25) is 10.2 Å². The number of hydrazine groups is 1. The monoisotopic (exact) mass is 485 g/mol. The molecule has 1 unspecified atom stereocenters. The van der Waals surface area contributed by atoms with Gasteiger partial charge in [0.25, 0.3) is 5.91 Å². The highest BCUT2D eigenvalue weighted by Crippen LogP contribution is 2.41. The molecule has 0 spiro atoms. The lowest BCUT2D eigenvalue weighted by Gasteiger charge is -2.33. The first kappa shape index (κ1) is 25.9. The molecule has 2 rings (SSSR count). The van der Waals surface area contributed by atoms with Crippen molar-refractivity contribution in [2.45, 2.75) is 39.2 Å². The van der Waals surface area contributed by atoms with Crippen molar-refractivity contribution >= 4 is 12.0 Å². The average molecular weight is 485 g/mol. The molecule has 33 heavy (non-hydrogen) atoms. The van der Waals surface area contributed by atoms with Crippen LogP contribution in [0.4, 0.5) is 35.5 Å². The Bertz CT molecular complexity index is 1000. The fourth-order valence-corrected chi connectivity index (χ4v) is 2.60. The number of nitrogens with zero attached hydrogens (tertiary/aromatic N) is 2. The van der Waals surface area contributed by atoms with Crippen LogP contribution in [0.25, 0.3) is 11.3 Å². The van der Waals surface area contributed by atoms with E-state index >= 15 is 0 Å². The Labute approximate surface area is 181 Å². The predicted octanol–water partition coefficient (Wildman–Crippen LogP) is 3.40. The van der Waals surface area contributed by atoms with Crippen LogP contribution in [0, 0.1) is 17.0 Å². The van der Waals surface area contributed by atoms with E-state index in [1.165, 1.54) is 0 Å². The molecule has 0 fully saturated rings. The summed E-state index contributed by atoms with van der Waals surface area (Å²) in [5.74, 6) is -3.79. The van der Waals surface area contributed by atoms with Crippen LogP contribution in [0.15, 0.2) is 24.4 Å². The molecule has 2 aromatic rings. The van der Waals surface area contributed by atoms with Gasteiger partial charge in [-0.15, -0.1) is 0 Å². The highest BCUT2D eigenvalue weighted by molar-refractivity contribution is 5.83. The Balaban J connectivity index is 2.13. The number of ether oxygens (including phenoxy) is 1. The third-order valence-corrected chi connectivity index (χ3v) is 4.58. The fraction of sp³-hybridized carbons (Fsp3) is 0.389. The minimum absolute atomic E-state index is 0.137. The van der Waals surface area contributed by atoms with Gasteiger partial charge in [0.1, 0.15) is 17.0 Å². The van der Waals surface area contributed by atoms with E-state index in [0.29, 0.717) is 13.8 Å². The van der Waals surface area contributed by atoms with Crippen LogP contribution in [0.3, 0.4) is 0 Å². The summed E-state index contributed by atoms with van der Waals surface area (Å²) in [5, 5.41) is 3.48. The number of nitrogens with two attached hydrogens (primary N) is 1. The molecule has 2 amide bonds. The van der Waals surface area contributed by atoms with Crippen LogP contribution in [0.1, 0.15) is 26.0 Å². The maximum Gasteiger partial charge on any atom is 0.405 e. The zero-order valence-electron chi connectivity index (χ0n) is 17.0. The zero-order valence-corrected chi connectivity index (χ0v) is 17.0. The fourth-order valence-electron chi connectivity index (χ4n) is 2.60. The van der Waals surface area contributed by atoms with Crippen molar-refractivity contribution in [1.29, 1.82) is 0 Å². The molecule has 0 bridgehead atoms. The third kappa shape index (κ3) is 5.91. The van der Waals surface area contributed by atoms with E-state index in [1.807, 2.05) is 5.43 Å². The normalized spacial score (nSPS) is 13.2. The summed E-state index contributed by atoms with van der Waals surface area (Å²) >= 11 is 0. The van der Waals surface area contributed by atoms with Gasteiger partial charge in [-0.25, -0.2) is 23.7 Å². The molecule has 1 atom stereocenters. The summed E-state index contributed by atoms with van der Waals surface area (Å²) < 4.78 is 98.2. The van der Waals surface area contributed by atoms with Gasteiger partial charge in [-0.1, -0.05) is 0 Å². The molecular weight excluding hydrogens is 467 g/mol. The minimum Gasteiger partial charge on any atom is -0.435 e. The van der Waals surface area contributed by atoms with Gasteiger partial charge >= 0.3 is 18.8 Å². The summed E-state index contributed by atoms with van der Waals surface area (Å²) in [4.78, 5) is 23.1. The van der Waals surface area contributed by atoms with Gasteiger partial charge in [-0.05, 0) is 32.0 Å². The number of amides is 2. The van der Waals surface area contributed by atoms with Crippen molar-refractivity contribution in [3.63, 3.8) is 0 Å². The smallest absolute Gasteiger partial charge is 0.405 e. The highest BCUT2D eigenvalue weighted by Gasteiger charge is 2.57. The molecular formula is C18H18F7N5O3. The Kier molecular flexibility index (Phi) is 7.57. The number of nitrogens with one attached hydrogen (secondary N) is 2. The van der Waals surface area contributed by atoms with E-state index in [1.54, 1.807) is 5.43 Å². The average Bonchev–Trinajstić information content (AvgIpc) is 3.17. The van der Waals surface area contributed by atoms with E-state index in [-0.39, 0.29) is 15.9 Å². The van der Waals surface area contributed by atoms with Crippen molar-refractivity contribution in [3.8, 4) is 11.3 Å². The molecule has 1 aromatic carbocycles. The molecule has 4 N–H and O–H groups in total. The van der Waals surface area contributed by atoms with Crippen molar-refractivity contribution in [1.82, 2.24) is 20.6 Å². The maximum absolute atomic E-state index is 14.4. The summed E-state index contributed by atoms with van der Waals surface area (Å²) in [6.45, 7) is -2.50. The SMILES string of the molecule is CC(C)(C(OC(N)=O)C(=O)NNCc1c(F)cc(-c2ccn(C(F)F)n2)cc1F)C(F)(F)F. The first-order valence-corrected chi connectivity index (χ1v) is 9.02. The molecule has 1 heterocycles. The molecule has 0 saturated carbocycles. The number of primary amides is 1. The summed E-state index contributed by atoms with van der Waals surface area (Å²) in [6.07, 6.45) is -8.12. The van der Waals surface area contributed by atoms with Crippen LogP contribution in [0.2, 0.25) is 0 Å². The van der Waals surface area contributed by atoms with Gasteiger partial charge in [-0.2, -0.15) is 27.1 Å². The van der Waals surface area contributed by atoms with Gasteiger partial charge in [0.05, 0.1) is 5.69 Å². The van der Waals surface area contributed by atoms with Gasteiger partial charge in [0.15, 0.2) is 6.10 Å². The van der Waals surface area contributed by atoms with E-state index in [2.05, 4.69) is 9.84 Å². The molecule has 0 aliphatic rings. The topological polar surface area (TPSA) is 111 Å². The molecule has 1 aromatic heterocycles. The predicted molar refractivity (Wildman–Crippen MR) is 98.1 cm³/mol. The first-order chi connectivity index (χ1) is 15.1. The Morgan fingerprint density at radius 2 is 1.76 bits per heavy atom. The number of rotatable bonds is 8. The van der Waals surface area contributed by atoms with Crippen molar-refractivity contribution in [3.05, 3.63) is 41.6 Å². The lowest BCUT2D eigenvalue weighted by molar-refractivity contribution is -0.238. The summed E-state index contributed by atoms with van der Waals surface area (Å²) in [7, 11) is 0. The van der Waals surface area contributed by atoms with Gasteiger partial charge in [0, 0.05) is 23.9 Å². The second kappa shape index (κ2) is 9.64. The molecule has 0 radical (unpaired) electrons. The number of hydrogen-bond donors (Lipinski definition) is 3. The molecule has 8 nitrogen and oxygen atoms in total. The van der Waals surface area contributed by atoms with Crippen LogP contribution >= 0.6 is 0 Å². The maximum atomic E-state index is 14.4. The lowest BCUT2D eigenvalue weighted by atomic mass is 9.85. The second-order valence-electron chi connectivity index (χ2n) is 7.26. The van der Waals surface area contributed by atoms with E-state index < -0.39 is 60.0 Å². The minimum atomic E-state index is -4.98. The quantitative estimate of drug-likeness (QED) is 0.392. The highest BCUT2D eigenvalue weighted by atomic mass is 19.4. The number of carbonyl (C=O) groups is 2. The van der Waals surface area contributed by atoms with Crippen molar-refractivity contribution in [2.24, 2.45) is 11.1 Å². The summed E-state index contributed by atoms with van der Waals surface area (Å²) in [6, 6.07) is 2.71. The van der Waals surface area contributed by atoms with Crippen LogP contribution in [-0.2, 0) is 16.1 Å². The van der Waals surface area contributed by atoms with Crippen molar-refractivity contribution in [2.75, 3.05) is 0 Å². The number of alkyl halides is 5. The van der Waals surface area contributed by atoms with Crippen LogP contribution in [0.5, 0.6) is 0 Å². The molecule has 0 saturated heterocycles. The Hall–Kier alpha value is -3.36. The number of hydrogen-bond acceptors (Lipinski definition) is 5. The lowest BCUT2D eigenvalue weighted by Crippen LogP contribution is -2.55. The van der Waals surface area contributed by atoms with Gasteiger partial charge < -0.3 is 10.5 Å². The third-order valence-electron chi connectivity index (χ3n) is 4.58. The number of halogens is 7. The number of carbonyl (C=O) groups excluding carboxylic acids is 2.